The molecule has 0 fully saturated rings. The molecule has 5 nitrogen and oxygen atoms in total. The van der Waals surface area contributed by atoms with Crippen LogP contribution in [-0.2, 0) is 4.79 Å². The van der Waals surface area contributed by atoms with Gasteiger partial charge in [-0.2, -0.15) is 0 Å². The van der Waals surface area contributed by atoms with Crippen molar-refractivity contribution < 1.29 is 14.7 Å². The maximum absolute atomic E-state index is 11.8. The van der Waals surface area contributed by atoms with E-state index < -0.39 is 0 Å². The lowest BCUT2D eigenvalue weighted by atomic mass is 10.1. The van der Waals surface area contributed by atoms with Crippen molar-refractivity contribution in [2.45, 2.75) is 26.2 Å². The van der Waals surface area contributed by atoms with Crippen molar-refractivity contribution in [2.75, 3.05) is 19.7 Å². The summed E-state index contributed by atoms with van der Waals surface area (Å²) in [6.07, 6.45) is 2.46. The fourth-order valence-electron chi connectivity index (χ4n) is 1.75. The SMILES string of the molecule is Cc1cccc(C(=O)NCC(=O)NCCCCCO)c1. The van der Waals surface area contributed by atoms with Gasteiger partial charge in [-0.1, -0.05) is 17.7 Å². The third-order valence-corrected chi connectivity index (χ3v) is 2.85. The Labute approximate surface area is 119 Å². The Morgan fingerprint density at radius 3 is 2.65 bits per heavy atom. The van der Waals surface area contributed by atoms with E-state index in [0.29, 0.717) is 12.1 Å². The number of benzene rings is 1. The van der Waals surface area contributed by atoms with Crippen LogP contribution in [0.15, 0.2) is 24.3 Å². The average Bonchev–Trinajstić information content (AvgIpc) is 2.44. The molecule has 0 saturated carbocycles. The Bertz CT molecular complexity index is 446. The van der Waals surface area contributed by atoms with Crippen molar-refractivity contribution in [2.24, 2.45) is 0 Å². The summed E-state index contributed by atoms with van der Waals surface area (Å²) in [7, 11) is 0. The summed E-state index contributed by atoms with van der Waals surface area (Å²) < 4.78 is 0. The quantitative estimate of drug-likeness (QED) is 0.621. The van der Waals surface area contributed by atoms with Crippen molar-refractivity contribution >= 4 is 11.8 Å². The lowest BCUT2D eigenvalue weighted by Gasteiger charge is -2.07. The number of hydrogen-bond donors (Lipinski definition) is 3. The maximum Gasteiger partial charge on any atom is 0.251 e. The summed E-state index contributed by atoms with van der Waals surface area (Å²) in [6.45, 7) is 2.64. The molecule has 1 aromatic carbocycles. The first-order valence-electron chi connectivity index (χ1n) is 6.86. The first-order valence-corrected chi connectivity index (χ1v) is 6.86. The largest absolute Gasteiger partial charge is 0.396 e. The van der Waals surface area contributed by atoms with Gasteiger partial charge in [0.05, 0.1) is 6.54 Å². The van der Waals surface area contributed by atoms with E-state index >= 15 is 0 Å². The van der Waals surface area contributed by atoms with E-state index in [1.54, 1.807) is 12.1 Å². The van der Waals surface area contributed by atoms with Crippen LogP contribution in [0.25, 0.3) is 0 Å². The van der Waals surface area contributed by atoms with Gasteiger partial charge < -0.3 is 15.7 Å². The molecular weight excluding hydrogens is 256 g/mol. The number of carbonyl (C=O) groups is 2. The second kappa shape index (κ2) is 9.09. The minimum absolute atomic E-state index is 0.0211. The van der Waals surface area contributed by atoms with Gasteiger partial charge in [0.15, 0.2) is 0 Å². The molecule has 0 atom stereocenters. The second-order valence-electron chi connectivity index (χ2n) is 4.69. The van der Waals surface area contributed by atoms with Crippen LogP contribution in [0.1, 0.15) is 35.2 Å². The third-order valence-electron chi connectivity index (χ3n) is 2.85. The molecular formula is C15H22N2O3. The predicted octanol–water partition coefficient (Wildman–Crippen LogP) is 1.00. The number of hydrogen-bond acceptors (Lipinski definition) is 3. The van der Waals surface area contributed by atoms with E-state index in [9.17, 15) is 9.59 Å². The molecule has 0 aromatic heterocycles. The monoisotopic (exact) mass is 278 g/mol. The lowest BCUT2D eigenvalue weighted by molar-refractivity contribution is -0.120. The van der Waals surface area contributed by atoms with Gasteiger partial charge in [-0.05, 0) is 38.3 Å². The first-order chi connectivity index (χ1) is 9.63. The van der Waals surface area contributed by atoms with Crippen molar-refractivity contribution in [3.63, 3.8) is 0 Å². The number of carbonyl (C=O) groups excluding carboxylic acids is 2. The fraction of sp³-hybridized carbons (Fsp3) is 0.467. The Morgan fingerprint density at radius 2 is 1.95 bits per heavy atom. The van der Waals surface area contributed by atoms with Gasteiger partial charge in [0.2, 0.25) is 5.91 Å². The number of nitrogens with one attached hydrogen (secondary N) is 2. The van der Waals surface area contributed by atoms with Crippen LogP contribution < -0.4 is 10.6 Å². The highest BCUT2D eigenvalue weighted by Gasteiger charge is 2.07. The molecule has 1 rings (SSSR count). The molecule has 0 aliphatic heterocycles. The molecule has 1 aromatic rings. The van der Waals surface area contributed by atoms with Crippen LogP contribution in [0.3, 0.4) is 0 Å². The highest BCUT2D eigenvalue weighted by atomic mass is 16.3. The van der Waals surface area contributed by atoms with Crippen molar-refractivity contribution in [3.05, 3.63) is 35.4 Å². The Morgan fingerprint density at radius 1 is 1.15 bits per heavy atom. The fourth-order valence-corrected chi connectivity index (χ4v) is 1.75. The third kappa shape index (κ3) is 6.33. The highest BCUT2D eigenvalue weighted by molar-refractivity contribution is 5.96. The average molecular weight is 278 g/mol. The Kier molecular flexibility index (Phi) is 7.35. The zero-order chi connectivity index (χ0) is 14.8. The molecule has 110 valence electrons. The zero-order valence-corrected chi connectivity index (χ0v) is 11.8. The van der Waals surface area contributed by atoms with Crippen LogP contribution in [0.5, 0.6) is 0 Å². The van der Waals surface area contributed by atoms with Crippen LogP contribution in [0.2, 0.25) is 0 Å². The van der Waals surface area contributed by atoms with Crippen molar-refractivity contribution in [1.82, 2.24) is 10.6 Å². The Hall–Kier alpha value is -1.88. The van der Waals surface area contributed by atoms with E-state index in [-0.39, 0.29) is 25.0 Å². The normalized spacial score (nSPS) is 10.1. The molecule has 0 saturated heterocycles. The summed E-state index contributed by atoms with van der Waals surface area (Å²) in [5.74, 6) is -0.445. The molecule has 0 radical (unpaired) electrons. The van der Waals surface area contributed by atoms with Crippen molar-refractivity contribution in [3.8, 4) is 0 Å². The topological polar surface area (TPSA) is 78.4 Å². The molecule has 3 N–H and O–H groups in total. The zero-order valence-electron chi connectivity index (χ0n) is 11.8. The van der Waals surface area contributed by atoms with E-state index in [1.807, 2.05) is 19.1 Å². The molecule has 0 spiro atoms. The summed E-state index contributed by atoms with van der Waals surface area (Å²) in [5.41, 5.74) is 1.56. The molecule has 2 amide bonds. The number of amides is 2. The van der Waals surface area contributed by atoms with Crippen LogP contribution >= 0.6 is 0 Å². The molecule has 0 aliphatic carbocycles. The summed E-state index contributed by atoms with van der Waals surface area (Å²) in [5, 5.41) is 13.9. The number of unbranched alkanes of at least 4 members (excludes halogenated alkanes) is 2. The maximum atomic E-state index is 11.8. The molecule has 20 heavy (non-hydrogen) atoms. The lowest BCUT2D eigenvalue weighted by Crippen LogP contribution is -2.37. The number of aryl methyl sites for hydroxylation is 1. The van der Waals surface area contributed by atoms with E-state index in [1.165, 1.54) is 0 Å². The standard InChI is InChI=1S/C15H22N2O3/c1-12-6-5-7-13(10-12)15(20)17-11-14(19)16-8-3-2-4-9-18/h5-7,10,18H,2-4,8-9,11H2,1H3,(H,16,19)(H,17,20). The molecule has 5 heteroatoms. The molecule has 0 aliphatic rings. The molecule has 0 heterocycles. The van der Waals surface area contributed by atoms with E-state index in [0.717, 1.165) is 24.8 Å². The van der Waals surface area contributed by atoms with Crippen LogP contribution in [-0.4, -0.2) is 36.6 Å². The van der Waals surface area contributed by atoms with Crippen LogP contribution in [0, 0.1) is 6.92 Å². The first kappa shape index (κ1) is 16.2. The smallest absolute Gasteiger partial charge is 0.251 e. The highest BCUT2D eigenvalue weighted by Crippen LogP contribution is 2.03. The number of rotatable bonds is 8. The summed E-state index contributed by atoms with van der Waals surface area (Å²) >= 11 is 0. The van der Waals surface area contributed by atoms with Gasteiger partial charge in [0.1, 0.15) is 0 Å². The van der Waals surface area contributed by atoms with E-state index in [2.05, 4.69) is 10.6 Å². The van der Waals surface area contributed by atoms with Gasteiger partial charge in [0, 0.05) is 18.7 Å². The number of aliphatic hydroxyl groups is 1. The van der Waals surface area contributed by atoms with E-state index in [4.69, 9.17) is 5.11 Å². The van der Waals surface area contributed by atoms with Crippen LogP contribution in [0.4, 0.5) is 0 Å². The summed E-state index contributed by atoms with van der Waals surface area (Å²) in [6, 6.07) is 7.22. The van der Waals surface area contributed by atoms with Gasteiger partial charge in [-0.25, -0.2) is 0 Å². The van der Waals surface area contributed by atoms with Crippen molar-refractivity contribution in [1.29, 1.82) is 0 Å². The minimum atomic E-state index is -0.246. The number of aliphatic hydroxyl groups excluding tert-OH is 1. The van der Waals surface area contributed by atoms with Gasteiger partial charge in [-0.3, -0.25) is 9.59 Å². The molecule has 0 bridgehead atoms. The predicted molar refractivity (Wildman–Crippen MR) is 77.5 cm³/mol. The van der Waals surface area contributed by atoms with Gasteiger partial charge in [0.25, 0.3) is 5.91 Å². The minimum Gasteiger partial charge on any atom is -0.396 e. The van der Waals surface area contributed by atoms with Gasteiger partial charge >= 0.3 is 0 Å². The molecule has 0 unspecified atom stereocenters. The Balaban J connectivity index is 2.22. The van der Waals surface area contributed by atoms with Gasteiger partial charge in [-0.15, -0.1) is 0 Å². The second-order valence-corrected chi connectivity index (χ2v) is 4.69. The summed E-state index contributed by atoms with van der Waals surface area (Å²) in [4.78, 5) is 23.3.